The molecule has 0 aromatic heterocycles. The zero-order chi connectivity index (χ0) is 13.1. The number of hydrogen-bond donors (Lipinski definition) is 1. The fourth-order valence-corrected chi connectivity index (χ4v) is 1.81. The molecule has 4 heteroatoms. The maximum Gasteiger partial charge on any atom is 0.253 e. The highest BCUT2D eigenvalue weighted by Crippen LogP contribution is 2.32. The fourth-order valence-electron chi connectivity index (χ4n) is 1.81. The van der Waals surface area contributed by atoms with Crippen molar-refractivity contribution in [2.75, 3.05) is 26.4 Å². The van der Waals surface area contributed by atoms with Crippen LogP contribution < -0.4 is 10.5 Å². The van der Waals surface area contributed by atoms with Gasteiger partial charge >= 0.3 is 0 Å². The number of nitrogens with zero attached hydrogens (tertiary/aromatic N) is 1. The topological polar surface area (TPSA) is 55.6 Å². The van der Waals surface area contributed by atoms with Crippen molar-refractivity contribution in [1.29, 1.82) is 0 Å². The second-order valence-electron chi connectivity index (χ2n) is 5.03. The van der Waals surface area contributed by atoms with Gasteiger partial charge in [-0.1, -0.05) is 12.8 Å². The number of carbonyl (C=O) groups is 1. The van der Waals surface area contributed by atoms with Gasteiger partial charge in [0.05, 0.1) is 12.3 Å². The predicted octanol–water partition coefficient (Wildman–Crippen LogP) is 2.15. The molecule has 1 aromatic carbocycles. The van der Waals surface area contributed by atoms with Crippen molar-refractivity contribution in [2.24, 2.45) is 5.92 Å². The van der Waals surface area contributed by atoms with E-state index in [9.17, 15) is 4.79 Å². The molecule has 0 radical (unpaired) electrons. The number of ether oxygens (including phenoxy) is 1. The summed E-state index contributed by atoms with van der Waals surface area (Å²) >= 11 is 0. The molecule has 1 amide bonds. The Balaban J connectivity index is 1.97. The van der Waals surface area contributed by atoms with Crippen LogP contribution in [0.1, 0.15) is 29.6 Å². The molecular weight excluding hydrogens is 228 g/mol. The van der Waals surface area contributed by atoms with Crippen LogP contribution in [0, 0.1) is 5.92 Å². The lowest BCUT2D eigenvalue weighted by molar-refractivity contribution is 0.0827. The van der Waals surface area contributed by atoms with E-state index in [2.05, 4.69) is 0 Å². The molecular formula is C14H20N2O2. The minimum absolute atomic E-state index is 0.0498. The van der Waals surface area contributed by atoms with Crippen molar-refractivity contribution in [1.82, 2.24) is 4.90 Å². The minimum atomic E-state index is -0.0498. The molecule has 0 atom stereocenters. The number of nitrogens with two attached hydrogens (primary N) is 1. The molecule has 2 rings (SSSR count). The van der Waals surface area contributed by atoms with E-state index in [4.69, 9.17) is 10.5 Å². The highest BCUT2D eigenvalue weighted by atomic mass is 16.5. The maximum atomic E-state index is 11.7. The molecule has 1 aliphatic carbocycles. The van der Waals surface area contributed by atoms with Crippen LogP contribution >= 0.6 is 0 Å². The summed E-state index contributed by atoms with van der Waals surface area (Å²) in [6.45, 7) is 0.704. The van der Waals surface area contributed by atoms with Crippen LogP contribution in [0.5, 0.6) is 5.75 Å². The molecule has 1 saturated carbocycles. The van der Waals surface area contributed by atoms with Crippen molar-refractivity contribution in [3.63, 3.8) is 0 Å². The Morgan fingerprint density at radius 2 is 2.17 bits per heavy atom. The van der Waals surface area contributed by atoms with Gasteiger partial charge in [0.1, 0.15) is 5.75 Å². The maximum absolute atomic E-state index is 11.7. The Morgan fingerprint density at radius 3 is 2.72 bits per heavy atom. The number of benzene rings is 1. The molecule has 0 spiro atoms. The van der Waals surface area contributed by atoms with Gasteiger partial charge in [-0.05, 0) is 30.5 Å². The predicted molar refractivity (Wildman–Crippen MR) is 71.7 cm³/mol. The molecule has 1 aromatic rings. The average molecular weight is 248 g/mol. The van der Waals surface area contributed by atoms with Crippen LogP contribution in [0.3, 0.4) is 0 Å². The molecule has 4 nitrogen and oxygen atoms in total. The van der Waals surface area contributed by atoms with Crippen LogP contribution in [0.25, 0.3) is 0 Å². The van der Waals surface area contributed by atoms with Crippen LogP contribution in [-0.2, 0) is 0 Å². The van der Waals surface area contributed by atoms with Crippen molar-refractivity contribution in [2.45, 2.75) is 19.3 Å². The summed E-state index contributed by atoms with van der Waals surface area (Å²) < 4.78 is 5.63. The van der Waals surface area contributed by atoms with E-state index in [1.165, 1.54) is 17.7 Å². The van der Waals surface area contributed by atoms with Gasteiger partial charge in [0.25, 0.3) is 5.91 Å². The number of hydrogen-bond acceptors (Lipinski definition) is 3. The first-order valence-electron chi connectivity index (χ1n) is 6.32. The lowest BCUT2D eigenvalue weighted by Crippen LogP contribution is -2.21. The van der Waals surface area contributed by atoms with E-state index in [1.54, 1.807) is 32.3 Å². The van der Waals surface area contributed by atoms with Gasteiger partial charge in [0.15, 0.2) is 0 Å². The van der Waals surface area contributed by atoms with Gasteiger partial charge in [-0.3, -0.25) is 4.79 Å². The Bertz CT molecular complexity index is 439. The normalized spacial score (nSPS) is 14.3. The Kier molecular flexibility index (Phi) is 3.75. The second-order valence-corrected chi connectivity index (χ2v) is 5.03. The standard InChI is InChI=1S/C14H20N2O2/c1-16(2)14(17)11-5-6-13(12(15)9-11)18-8-7-10-3-4-10/h5-6,9-10H,3-4,7-8,15H2,1-2H3. The van der Waals surface area contributed by atoms with Gasteiger partial charge in [-0.15, -0.1) is 0 Å². The number of amides is 1. The van der Waals surface area contributed by atoms with Crippen LogP contribution in [0.2, 0.25) is 0 Å². The number of anilines is 1. The molecule has 0 heterocycles. The van der Waals surface area contributed by atoms with E-state index in [1.807, 2.05) is 0 Å². The Morgan fingerprint density at radius 1 is 1.44 bits per heavy atom. The van der Waals surface area contributed by atoms with E-state index < -0.39 is 0 Å². The molecule has 1 aliphatic rings. The minimum Gasteiger partial charge on any atom is -0.491 e. The number of nitrogen functional groups attached to an aromatic ring is 1. The number of rotatable bonds is 5. The summed E-state index contributed by atoms with van der Waals surface area (Å²) in [6.07, 6.45) is 3.75. The van der Waals surface area contributed by atoms with E-state index in [-0.39, 0.29) is 5.91 Å². The molecule has 18 heavy (non-hydrogen) atoms. The third-order valence-corrected chi connectivity index (χ3v) is 3.14. The molecule has 2 N–H and O–H groups in total. The van der Waals surface area contributed by atoms with Gasteiger partial charge < -0.3 is 15.4 Å². The molecule has 0 saturated heterocycles. The van der Waals surface area contributed by atoms with Crippen LogP contribution in [0.4, 0.5) is 5.69 Å². The van der Waals surface area contributed by atoms with E-state index >= 15 is 0 Å². The van der Waals surface area contributed by atoms with Crippen molar-refractivity contribution >= 4 is 11.6 Å². The summed E-state index contributed by atoms with van der Waals surface area (Å²) in [5.74, 6) is 1.47. The van der Waals surface area contributed by atoms with Crippen molar-refractivity contribution < 1.29 is 9.53 Å². The molecule has 0 unspecified atom stereocenters. The summed E-state index contributed by atoms with van der Waals surface area (Å²) in [7, 11) is 3.44. The quantitative estimate of drug-likeness (QED) is 0.812. The zero-order valence-electron chi connectivity index (χ0n) is 11.0. The Hall–Kier alpha value is -1.71. The number of carbonyl (C=O) groups excluding carboxylic acids is 1. The second kappa shape index (κ2) is 5.29. The van der Waals surface area contributed by atoms with Crippen LogP contribution in [-0.4, -0.2) is 31.5 Å². The first-order chi connectivity index (χ1) is 8.58. The average Bonchev–Trinajstić information content (AvgIpc) is 3.14. The smallest absolute Gasteiger partial charge is 0.253 e. The molecule has 1 fully saturated rings. The zero-order valence-corrected chi connectivity index (χ0v) is 11.0. The largest absolute Gasteiger partial charge is 0.491 e. The lowest BCUT2D eigenvalue weighted by Gasteiger charge is -2.13. The first-order valence-corrected chi connectivity index (χ1v) is 6.32. The van der Waals surface area contributed by atoms with Gasteiger partial charge in [0.2, 0.25) is 0 Å². The Labute approximate surface area is 108 Å². The summed E-state index contributed by atoms with van der Waals surface area (Å²) in [5.41, 5.74) is 7.01. The van der Waals surface area contributed by atoms with Crippen molar-refractivity contribution in [3.05, 3.63) is 23.8 Å². The summed E-state index contributed by atoms with van der Waals surface area (Å²) in [6, 6.07) is 5.21. The highest BCUT2D eigenvalue weighted by Gasteiger charge is 2.20. The monoisotopic (exact) mass is 248 g/mol. The summed E-state index contributed by atoms with van der Waals surface area (Å²) in [4.78, 5) is 13.3. The van der Waals surface area contributed by atoms with Gasteiger partial charge in [-0.2, -0.15) is 0 Å². The molecule has 0 bridgehead atoms. The molecule has 98 valence electrons. The van der Waals surface area contributed by atoms with Crippen molar-refractivity contribution in [3.8, 4) is 5.75 Å². The van der Waals surface area contributed by atoms with E-state index in [0.717, 1.165) is 12.3 Å². The highest BCUT2D eigenvalue weighted by molar-refractivity contribution is 5.95. The van der Waals surface area contributed by atoms with Gasteiger partial charge in [-0.25, -0.2) is 0 Å². The third-order valence-electron chi connectivity index (χ3n) is 3.14. The van der Waals surface area contributed by atoms with Crippen LogP contribution in [0.15, 0.2) is 18.2 Å². The first kappa shape index (κ1) is 12.7. The fraction of sp³-hybridized carbons (Fsp3) is 0.500. The summed E-state index contributed by atoms with van der Waals surface area (Å²) in [5, 5.41) is 0. The van der Waals surface area contributed by atoms with E-state index in [0.29, 0.717) is 23.6 Å². The third kappa shape index (κ3) is 3.15. The SMILES string of the molecule is CN(C)C(=O)c1ccc(OCCC2CC2)c(N)c1. The molecule has 0 aliphatic heterocycles. The van der Waals surface area contributed by atoms with Gasteiger partial charge in [0, 0.05) is 19.7 Å². The lowest BCUT2D eigenvalue weighted by atomic mass is 10.1.